The van der Waals surface area contributed by atoms with E-state index in [0.717, 1.165) is 46.5 Å². The number of allylic oxidation sites excluding steroid dienone is 4. The molecule has 0 spiro atoms. The smallest absolute Gasteiger partial charge is 0.162 e. The van der Waals surface area contributed by atoms with E-state index < -0.39 is 5.92 Å². The summed E-state index contributed by atoms with van der Waals surface area (Å²) in [6, 6.07) is 13.3. The van der Waals surface area contributed by atoms with Crippen LogP contribution in [0.4, 0.5) is 0 Å². The molecule has 5 rings (SSSR count). The minimum absolute atomic E-state index is 0.123. The van der Waals surface area contributed by atoms with Gasteiger partial charge in [-0.1, -0.05) is 57.5 Å². The molecule has 6 heteroatoms. The van der Waals surface area contributed by atoms with E-state index in [1.54, 1.807) is 7.11 Å². The normalized spacial score (nSPS) is 20.9. The summed E-state index contributed by atoms with van der Waals surface area (Å²) in [4.78, 5) is 29.6. The highest BCUT2D eigenvalue weighted by Gasteiger charge is 2.48. The maximum atomic E-state index is 13.7. The Morgan fingerprint density at radius 3 is 2.03 bits per heavy atom. The summed E-state index contributed by atoms with van der Waals surface area (Å²) in [5.74, 6) is 1.01. The Morgan fingerprint density at radius 1 is 0.868 bits per heavy atom. The van der Waals surface area contributed by atoms with Gasteiger partial charge in [0.25, 0.3) is 0 Å². The molecule has 0 saturated carbocycles. The lowest BCUT2D eigenvalue weighted by Crippen LogP contribution is -2.43. The van der Waals surface area contributed by atoms with E-state index in [9.17, 15) is 9.59 Å². The molecule has 1 heterocycles. The molecule has 0 atom stereocenters. The van der Waals surface area contributed by atoms with Gasteiger partial charge in [0.05, 0.1) is 7.11 Å². The zero-order valence-corrected chi connectivity index (χ0v) is 23.9. The van der Waals surface area contributed by atoms with Crippen LogP contribution in [-0.4, -0.2) is 30.6 Å². The van der Waals surface area contributed by atoms with Gasteiger partial charge in [-0.2, -0.15) is 0 Å². The largest absolute Gasteiger partial charge is 0.493 e. The zero-order valence-electron chi connectivity index (χ0n) is 23.1. The number of benzene rings is 2. The molecule has 38 heavy (non-hydrogen) atoms. The van der Waals surface area contributed by atoms with Crippen LogP contribution in [0.2, 0.25) is 5.02 Å². The molecular weight excluding hydrogens is 498 g/mol. The van der Waals surface area contributed by atoms with Crippen molar-refractivity contribution in [3.05, 3.63) is 81.2 Å². The first-order valence-electron chi connectivity index (χ1n) is 13.2. The van der Waals surface area contributed by atoms with Crippen LogP contribution in [0.5, 0.6) is 11.5 Å². The minimum Gasteiger partial charge on any atom is -0.493 e. The fourth-order valence-electron chi connectivity index (χ4n) is 6.27. The number of methoxy groups -OCH3 is 1. The Balaban J connectivity index is 1.59. The monoisotopic (exact) mass is 533 g/mol. The zero-order chi connectivity index (χ0) is 27.4. The number of carbonyl (C=O) groups excluding carboxylic acids is 2. The van der Waals surface area contributed by atoms with Gasteiger partial charge in [0.2, 0.25) is 0 Å². The topological polar surface area (TPSA) is 55.8 Å². The van der Waals surface area contributed by atoms with Gasteiger partial charge in [0.15, 0.2) is 23.1 Å². The molecule has 0 radical (unpaired) electrons. The highest BCUT2D eigenvalue weighted by atomic mass is 35.5. The molecule has 2 aromatic rings. The molecule has 200 valence electrons. The first-order valence-corrected chi connectivity index (χ1v) is 13.6. The molecule has 0 aromatic heterocycles. The number of halogens is 1. The molecule has 1 aliphatic heterocycles. The molecule has 2 aliphatic carbocycles. The van der Waals surface area contributed by atoms with Crippen LogP contribution < -0.4 is 9.47 Å². The molecule has 3 aliphatic rings. The van der Waals surface area contributed by atoms with Crippen LogP contribution >= 0.6 is 11.6 Å². The highest BCUT2D eigenvalue weighted by Crippen LogP contribution is 2.54. The SMILES string of the molecule is COc1cc(C2C3=C(CC(C)(C)CC3=O)N(C)C3=C2C(=O)CC(C)(C)C3)ccc1OCc1cccc(Cl)c1. The van der Waals surface area contributed by atoms with Crippen molar-refractivity contribution in [1.82, 2.24) is 4.90 Å². The van der Waals surface area contributed by atoms with Gasteiger partial charge >= 0.3 is 0 Å². The molecular formula is C32H36ClNO4. The predicted molar refractivity (Wildman–Crippen MR) is 149 cm³/mol. The second kappa shape index (κ2) is 9.60. The van der Waals surface area contributed by atoms with Crippen LogP contribution in [0, 0.1) is 10.8 Å². The number of carbonyl (C=O) groups is 2. The minimum atomic E-state index is -0.403. The Hall–Kier alpha value is -3.05. The molecule has 5 nitrogen and oxygen atoms in total. The van der Waals surface area contributed by atoms with E-state index in [0.29, 0.717) is 36.0 Å². The van der Waals surface area contributed by atoms with Crippen molar-refractivity contribution in [3.8, 4) is 11.5 Å². The summed E-state index contributed by atoms with van der Waals surface area (Å²) in [7, 11) is 3.63. The third-order valence-electron chi connectivity index (χ3n) is 7.98. The summed E-state index contributed by atoms with van der Waals surface area (Å²) in [6.45, 7) is 8.92. The van der Waals surface area contributed by atoms with Crippen molar-refractivity contribution in [2.24, 2.45) is 10.8 Å². The molecule has 0 amide bonds. The van der Waals surface area contributed by atoms with Crippen LogP contribution in [0.25, 0.3) is 0 Å². The second-order valence-corrected chi connectivity index (χ2v) is 12.9. The predicted octanol–water partition coefficient (Wildman–Crippen LogP) is 7.24. The van der Waals surface area contributed by atoms with Gasteiger partial charge in [-0.15, -0.1) is 0 Å². The third kappa shape index (κ3) is 4.89. The number of hydrogen-bond donors (Lipinski definition) is 0. The van der Waals surface area contributed by atoms with Gasteiger partial charge in [0, 0.05) is 53.4 Å². The average Bonchev–Trinajstić information content (AvgIpc) is 2.83. The molecule has 0 bridgehead atoms. The Bertz CT molecular complexity index is 1330. The number of nitrogens with zero attached hydrogens (tertiary/aromatic N) is 1. The van der Waals surface area contributed by atoms with Crippen molar-refractivity contribution in [3.63, 3.8) is 0 Å². The molecule has 0 fully saturated rings. The van der Waals surface area contributed by atoms with E-state index >= 15 is 0 Å². The van der Waals surface area contributed by atoms with Crippen LogP contribution in [-0.2, 0) is 16.2 Å². The van der Waals surface area contributed by atoms with E-state index in [1.807, 2.05) is 49.5 Å². The average molecular weight is 534 g/mol. The Kier molecular flexibility index (Phi) is 6.71. The standard InChI is InChI=1S/C32H36ClNO4/c1-31(2)14-22-29(24(35)16-31)28(30-23(34(22)5)15-32(3,4)17-25(30)36)20-10-11-26(27(13-20)37-6)38-18-19-8-7-9-21(33)12-19/h7-13,28H,14-18H2,1-6H3. The maximum absolute atomic E-state index is 13.7. The van der Waals surface area contributed by atoms with Gasteiger partial charge in [0.1, 0.15) is 6.61 Å². The molecule has 0 N–H and O–H groups in total. The van der Waals surface area contributed by atoms with Crippen LogP contribution in [0.15, 0.2) is 65.0 Å². The fourth-order valence-corrected chi connectivity index (χ4v) is 6.48. The van der Waals surface area contributed by atoms with E-state index in [2.05, 4.69) is 32.6 Å². The van der Waals surface area contributed by atoms with E-state index in [1.165, 1.54) is 0 Å². The third-order valence-corrected chi connectivity index (χ3v) is 8.22. The van der Waals surface area contributed by atoms with E-state index in [-0.39, 0.29) is 22.4 Å². The van der Waals surface area contributed by atoms with Crippen molar-refractivity contribution >= 4 is 23.2 Å². The second-order valence-electron chi connectivity index (χ2n) is 12.4. The first-order chi connectivity index (χ1) is 17.9. The van der Waals surface area contributed by atoms with Crippen LogP contribution in [0.1, 0.15) is 70.4 Å². The quantitative estimate of drug-likeness (QED) is 0.405. The van der Waals surface area contributed by atoms with Crippen molar-refractivity contribution in [1.29, 1.82) is 0 Å². The van der Waals surface area contributed by atoms with E-state index in [4.69, 9.17) is 21.1 Å². The van der Waals surface area contributed by atoms with Crippen molar-refractivity contribution in [2.45, 2.75) is 65.9 Å². The Labute approximate surface area is 230 Å². The number of rotatable bonds is 5. The maximum Gasteiger partial charge on any atom is 0.162 e. The van der Waals surface area contributed by atoms with Gasteiger partial charge in [-0.05, 0) is 59.1 Å². The lowest BCUT2D eigenvalue weighted by atomic mass is 9.64. The van der Waals surface area contributed by atoms with Crippen LogP contribution in [0.3, 0.4) is 0 Å². The lowest BCUT2D eigenvalue weighted by Gasteiger charge is -2.47. The fraction of sp³-hybridized carbons (Fsp3) is 0.438. The van der Waals surface area contributed by atoms with Crippen molar-refractivity contribution in [2.75, 3.05) is 14.2 Å². The van der Waals surface area contributed by atoms with Gasteiger partial charge < -0.3 is 14.4 Å². The van der Waals surface area contributed by atoms with Gasteiger partial charge in [-0.3, -0.25) is 9.59 Å². The lowest BCUT2D eigenvalue weighted by molar-refractivity contribution is -0.119. The number of hydrogen-bond acceptors (Lipinski definition) is 5. The highest BCUT2D eigenvalue weighted by molar-refractivity contribution is 6.30. The number of ketones is 2. The summed E-state index contributed by atoms with van der Waals surface area (Å²) in [5.41, 5.74) is 5.18. The number of Topliss-reactive ketones (excluding diaryl/α,β-unsaturated/α-hetero) is 2. The summed E-state index contributed by atoms with van der Waals surface area (Å²) in [6.07, 6.45) is 2.53. The van der Waals surface area contributed by atoms with Gasteiger partial charge in [-0.25, -0.2) is 0 Å². The number of ether oxygens (including phenoxy) is 2. The molecule has 0 unspecified atom stereocenters. The Morgan fingerprint density at radius 2 is 1.47 bits per heavy atom. The molecule has 0 saturated heterocycles. The summed E-state index contributed by atoms with van der Waals surface area (Å²) < 4.78 is 11.8. The first kappa shape index (κ1) is 26.6. The van der Waals surface area contributed by atoms with Crippen molar-refractivity contribution < 1.29 is 19.1 Å². The summed E-state index contributed by atoms with van der Waals surface area (Å²) >= 11 is 6.13. The molecule has 2 aromatic carbocycles. The summed E-state index contributed by atoms with van der Waals surface area (Å²) in [5, 5.41) is 0.657.